The van der Waals surface area contributed by atoms with Crippen molar-refractivity contribution in [3.63, 3.8) is 0 Å². The van der Waals surface area contributed by atoms with Crippen molar-refractivity contribution in [1.29, 1.82) is 0 Å². The molecular formula is C14H26N2O3. The predicted molar refractivity (Wildman–Crippen MR) is 75.9 cm³/mol. The molecule has 0 spiro atoms. The predicted octanol–water partition coefficient (Wildman–Crippen LogP) is 2.37. The van der Waals surface area contributed by atoms with Crippen molar-refractivity contribution in [2.75, 3.05) is 13.1 Å². The summed E-state index contributed by atoms with van der Waals surface area (Å²) in [6.45, 7) is 10.2. The Morgan fingerprint density at radius 1 is 1.05 bits per heavy atom. The van der Waals surface area contributed by atoms with E-state index in [1.807, 2.05) is 20.8 Å². The number of nitrogens with one attached hydrogen (secondary N) is 2. The third-order valence-corrected chi connectivity index (χ3v) is 2.26. The molecule has 2 N–H and O–H groups in total. The number of unbranched alkanes of at least 4 members (excludes halogenated alkanes) is 3. The number of rotatable bonds is 8. The van der Waals surface area contributed by atoms with Gasteiger partial charge in [0.15, 0.2) is 0 Å². The van der Waals surface area contributed by atoms with Crippen molar-refractivity contribution in [3.8, 4) is 0 Å². The smallest absolute Gasteiger partial charge is 0.407 e. The minimum absolute atomic E-state index is 0.133. The number of hydrogen-bond donors (Lipinski definition) is 2. The molecular weight excluding hydrogens is 244 g/mol. The molecule has 19 heavy (non-hydrogen) atoms. The monoisotopic (exact) mass is 270 g/mol. The van der Waals surface area contributed by atoms with Crippen molar-refractivity contribution < 1.29 is 14.3 Å². The van der Waals surface area contributed by atoms with Gasteiger partial charge in [-0.25, -0.2) is 4.79 Å². The Labute approximate surface area is 115 Å². The van der Waals surface area contributed by atoms with Gasteiger partial charge in [-0.1, -0.05) is 19.4 Å². The largest absolute Gasteiger partial charge is 0.444 e. The first kappa shape index (κ1) is 17.5. The summed E-state index contributed by atoms with van der Waals surface area (Å²) in [6, 6.07) is 0. The van der Waals surface area contributed by atoms with E-state index >= 15 is 0 Å². The van der Waals surface area contributed by atoms with Gasteiger partial charge < -0.3 is 15.4 Å². The summed E-state index contributed by atoms with van der Waals surface area (Å²) in [7, 11) is 0. The van der Waals surface area contributed by atoms with Crippen LogP contribution in [0.25, 0.3) is 0 Å². The highest BCUT2D eigenvalue weighted by molar-refractivity contribution is 5.86. The number of amides is 2. The number of carbonyl (C=O) groups excluding carboxylic acids is 2. The first-order valence-corrected chi connectivity index (χ1v) is 6.72. The first-order chi connectivity index (χ1) is 8.85. The Morgan fingerprint density at radius 2 is 1.58 bits per heavy atom. The zero-order valence-electron chi connectivity index (χ0n) is 12.3. The lowest BCUT2D eigenvalue weighted by Crippen LogP contribution is -2.33. The molecule has 0 unspecified atom stereocenters. The van der Waals surface area contributed by atoms with Gasteiger partial charge in [0.2, 0.25) is 5.91 Å². The van der Waals surface area contributed by atoms with Crippen LogP contribution in [-0.2, 0) is 9.53 Å². The van der Waals surface area contributed by atoms with Crippen LogP contribution in [0.2, 0.25) is 0 Å². The second kappa shape index (κ2) is 9.42. The second-order valence-electron chi connectivity index (χ2n) is 5.34. The van der Waals surface area contributed by atoms with E-state index in [2.05, 4.69) is 17.2 Å². The minimum atomic E-state index is -0.451. The van der Waals surface area contributed by atoms with Crippen LogP contribution in [0.5, 0.6) is 0 Å². The SMILES string of the molecule is C=CC(=O)NCCCCCCNC(=O)OC(C)(C)C. The van der Waals surface area contributed by atoms with Crippen LogP contribution in [0.15, 0.2) is 12.7 Å². The summed E-state index contributed by atoms with van der Waals surface area (Å²) in [5.74, 6) is -0.133. The molecule has 0 aliphatic carbocycles. The Balaban J connectivity index is 3.34. The summed E-state index contributed by atoms with van der Waals surface area (Å²) >= 11 is 0. The van der Waals surface area contributed by atoms with Gasteiger partial charge in [0.05, 0.1) is 0 Å². The van der Waals surface area contributed by atoms with Crippen LogP contribution in [0, 0.1) is 0 Å². The number of carbonyl (C=O) groups is 2. The van der Waals surface area contributed by atoms with Gasteiger partial charge in [0, 0.05) is 13.1 Å². The zero-order chi connectivity index (χ0) is 14.7. The Kier molecular flexibility index (Phi) is 8.66. The fraction of sp³-hybridized carbons (Fsp3) is 0.714. The van der Waals surface area contributed by atoms with Crippen molar-refractivity contribution in [3.05, 3.63) is 12.7 Å². The molecule has 0 fully saturated rings. The minimum Gasteiger partial charge on any atom is -0.444 e. The van der Waals surface area contributed by atoms with E-state index in [1.54, 1.807) is 0 Å². The molecule has 0 saturated heterocycles. The molecule has 0 aromatic carbocycles. The van der Waals surface area contributed by atoms with E-state index in [9.17, 15) is 9.59 Å². The molecule has 0 rings (SSSR count). The van der Waals surface area contributed by atoms with Crippen LogP contribution in [0.3, 0.4) is 0 Å². The molecule has 0 heterocycles. The molecule has 110 valence electrons. The Bertz CT molecular complexity index is 296. The van der Waals surface area contributed by atoms with Crippen LogP contribution in [-0.4, -0.2) is 30.7 Å². The van der Waals surface area contributed by atoms with Gasteiger partial charge in [0.1, 0.15) is 5.60 Å². The lowest BCUT2D eigenvalue weighted by Gasteiger charge is -2.19. The average Bonchev–Trinajstić information content (AvgIpc) is 2.29. The Morgan fingerprint density at radius 3 is 2.05 bits per heavy atom. The molecule has 2 amide bonds. The lowest BCUT2D eigenvalue weighted by molar-refractivity contribution is -0.116. The van der Waals surface area contributed by atoms with Gasteiger partial charge >= 0.3 is 6.09 Å². The van der Waals surface area contributed by atoms with Crippen molar-refractivity contribution in [2.24, 2.45) is 0 Å². The third kappa shape index (κ3) is 12.7. The molecule has 0 atom stereocenters. The van der Waals surface area contributed by atoms with Crippen LogP contribution in [0.4, 0.5) is 4.79 Å². The summed E-state index contributed by atoms with van der Waals surface area (Å²) in [5.41, 5.74) is -0.451. The van der Waals surface area contributed by atoms with Crippen LogP contribution in [0.1, 0.15) is 46.5 Å². The molecule has 0 aromatic heterocycles. The number of ether oxygens (including phenoxy) is 1. The summed E-state index contributed by atoms with van der Waals surface area (Å²) in [4.78, 5) is 22.2. The van der Waals surface area contributed by atoms with Gasteiger partial charge in [0.25, 0.3) is 0 Å². The highest BCUT2D eigenvalue weighted by Crippen LogP contribution is 2.06. The standard InChI is InChI=1S/C14H26N2O3/c1-5-12(17)15-10-8-6-7-9-11-16-13(18)19-14(2,3)4/h5H,1,6-11H2,2-4H3,(H,15,17)(H,16,18). The third-order valence-electron chi connectivity index (χ3n) is 2.26. The van der Waals surface area contributed by atoms with E-state index in [1.165, 1.54) is 6.08 Å². The van der Waals surface area contributed by atoms with Crippen molar-refractivity contribution >= 4 is 12.0 Å². The van der Waals surface area contributed by atoms with Crippen LogP contribution >= 0.6 is 0 Å². The summed E-state index contributed by atoms with van der Waals surface area (Å²) in [5, 5.41) is 5.43. The summed E-state index contributed by atoms with van der Waals surface area (Å²) < 4.78 is 5.11. The molecule has 0 aliphatic rings. The van der Waals surface area contributed by atoms with Gasteiger partial charge in [-0.2, -0.15) is 0 Å². The maximum Gasteiger partial charge on any atom is 0.407 e. The van der Waals surface area contributed by atoms with Crippen molar-refractivity contribution in [2.45, 2.75) is 52.1 Å². The molecule has 5 nitrogen and oxygen atoms in total. The Hall–Kier alpha value is -1.52. The lowest BCUT2D eigenvalue weighted by atomic mass is 10.2. The fourth-order valence-electron chi connectivity index (χ4n) is 1.39. The molecule has 0 bridgehead atoms. The molecule has 0 aromatic rings. The summed E-state index contributed by atoms with van der Waals surface area (Å²) in [6.07, 6.45) is 4.78. The topological polar surface area (TPSA) is 67.4 Å². The quantitative estimate of drug-likeness (QED) is 0.525. The van der Waals surface area contributed by atoms with Gasteiger partial charge in [-0.15, -0.1) is 0 Å². The van der Waals surface area contributed by atoms with Gasteiger partial charge in [-0.3, -0.25) is 4.79 Å². The first-order valence-electron chi connectivity index (χ1n) is 6.72. The van der Waals surface area contributed by atoms with E-state index in [4.69, 9.17) is 4.74 Å². The van der Waals surface area contributed by atoms with E-state index in [0.717, 1.165) is 25.7 Å². The molecule has 0 saturated carbocycles. The van der Waals surface area contributed by atoms with E-state index in [0.29, 0.717) is 13.1 Å². The van der Waals surface area contributed by atoms with E-state index in [-0.39, 0.29) is 12.0 Å². The second-order valence-corrected chi connectivity index (χ2v) is 5.34. The highest BCUT2D eigenvalue weighted by atomic mass is 16.6. The van der Waals surface area contributed by atoms with Gasteiger partial charge in [-0.05, 0) is 39.7 Å². The van der Waals surface area contributed by atoms with Crippen molar-refractivity contribution in [1.82, 2.24) is 10.6 Å². The van der Waals surface area contributed by atoms with E-state index < -0.39 is 5.60 Å². The van der Waals surface area contributed by atoms with Crippen LogP contribution < -0.4 is 10.6 Å². The average molecular weight is 270 g/mol. The number of hydrogen-bond acceptors (Lipinski definition) is 3. The maximum absolute atomic E-state index is 11.3. The number of alkyl carbamates (subject to hydrolysis) is 1. The maximum atomic E-state index is 11.3. The molecule has 5 heteroatoms. The molecule has 0 aliphatic heterocycles. The highest BCUT2D eigenvalue weighted by Gasteiger charge is 2.15. The zero-order valence-corrected chi connectivity index (χ0v) is 12.3. The fourth-order valence-corrected chi connectivity index (χ4v) is 1.39. The molecule has 0 radical (unpaired) electrons. The normalized spacial score (nSPS) is 10.7.